The van der Waals surface area contributed by atoms with Gasteiger partial charge in [0.25, 0.3) is 0 Å². The summed E-state index contributed by atoms with van der Waals surface area (Å²) < 4.78 is 59.2. The molecule has 0 aromatic carbocycles. The van der Waals surface area contributed by atoms with Crippen LogP contribution in [0.5, 0.6) is 0 Å². The van der Waals surface area contributed by atoms with Crippen molar-refractivity contribution in [1.82, 2.24) is 14.5 Å². The number of carbonyl (C=O) groups excluding carboxylic acids is 1. The molecule has 0 aliphatic carbocycles. The van der Waals surface area contributed by atoms with Crippen molar-refractivity contribution in [2.75, 3.05) is 39.0 Å². The first-order valence-corrected chi connectivity index (χ1v) is 6.99. The van der Waals surface area contributed by atoms with E-state index in [9.17, 15) is 26.4 Å². The van der Waals surface area contributed by atoms with Crippen molar-refractivity contribution in [3.8, 4) is 0 Å². The summed E-state index contributed by atoms with van der Waals surface area (Å²) in [7, 11) is -3.32. The number of amides is 2. The molecule has 1 aliphatic rings. The van der Waals surface area contributed by atoms with Crippen molar-refractivity contribution < 1.29 is 26.4 Å². The highest BCUT2D eigenvalue weighted by molar-refractivity contribution is 7.88. The zero-order chi connectivity index (χ0) is 14.0. The molecule has 0 unspecified atom stereocenters. The lowest BCUT2D eigenvalue weighted by molar-refractivity contribution is -0.123. The number of sulfonamides is 1. The third-order valence-corrected chi connectivity index (χ3v) is 3.74. The number of alkyl halides is 3. The zero-order valence-electron chi connectivity index (χ0n) is 9.70. The molecular formula is C8H14F3N3O3S. The number of nitrogens with one attached hydrogen (secondary N) is 1. The Hall–Kier alpha value is -1.03. The van der Waals surface area contributed by atoms with E-state index in [2.05, 4.69) is 0 Å². The minimum Gasteiger partial charge on any atom is -0.329 e. The van der Waals surface area contributed by atoms with Crippen LogP contribution in [-0.4, -0.2) is 68.8 Å². The van der Waals surface area contributed by atoms with Crippen LogP contribution in [0.25, 0.3) is 0 Å². The van der Waals surface area contributed by atoms with E-state index < -0.39 is 28.8 Å². The third-order valence-electron chi connectivity index (χ3n) is 2.43. The van der Waals surface area contributed by atoms with Gasteiger partial charge in [-0.1, -0.05) is 0 Å². The number of urea groups is 1. The maximum Gasteiger partial charge on any atom is 0.405 e. The Morgan fingerprint density at radius 1 is 1.22 bits per heavy atom. The second-order valence-electron chi connectivity index (χ2n) is 3.92. The van der Waals surface area contributed by atoms with E-state index in [0.717, 1.165) is 11.2 Å². The van der Waals surface area contributed by atoms with Crippen molar-refractivity contribution in [3.05, 3.63) is 0 Å². The van der Waals surface area contributed by atoms with E-state index in [1.54, 1.807) is 5.32 Å². The first-order chi connectivity index (χ1) is 8.09. The fraction of sp³-hybridized carbons (Fsp3) is 0.875. The molecule has 0 atom stereocenters. The van der Waals surface area contributed by atoms with Gasteiger partial charge in [-0.25, -0.2) is 13.2 Å². The molecule has 18 heavy (non-hydrogen) atoms. The number of rotatable bonds is 2. The van der Waals surface area contributed by atoms with Crippen LogP contribution in [0.2, 0.25) is 0 Å². The molecule has 0 radical (unpaired) electrons. The first kappa shape index (κ1) is 15.0. The van der Waals surface area contributed by atoms with E-state index in [1.165, 1.54) is 4.31 Å². The smallest absolute Gasteiger partial charge is 0.329 e. The summed E-state index contributed by atoms with van der Waals surface area (Å²) in [5.74, 6) is 0. The molecule has 1 N–H and O–H groups in total. The number of hydrogen-bond donors (Lipinski definition) is 1. The van der Waals surface area contributed by atoms with Crippen LogP contribution in [0.1, 0.15) is 0 Å². The van der Waals surface area contributed by atoms with Gasteiger partial charge in [0.2, 0.25) is 10.0 Å². The summed E-state index contributed by atoms with van der Waals surface area (Å²) in [6, 6.07) is -0.833. The summed E-state index contributed by atoms with van der Waals surface area (Å²) in [5.41, 5.74) is 0. The van der Waals surface area contributed by atoms with Crippen LogP contribution < -0.4 is 5.32 Å². The van der Waals surface area contributed by atoms with E-state index in [-0.39, 0.29) is 26.2 Å². The topological polar surface area (TPSA) is 69.7 Å². The highest BCUT2D eigenvalue weighted by atomic mass is 32.2. The molecule has 1 saturated heterocycles. The molecule has 1 fully saturated rings. The monoisotopic (exact) mass is 289 g/mol. The van der Waals surface area contributed by atoms with Gasteiger partial charge in [0, 0.05) is 26.2 Å². The zero-order valence-corrected chi connectivity index (χ0v) is 10.5. The molecule has 1 aliphatic heterocycles. The SMILES string of the molecule is CS(=O)(=O)N1CCN(C(=O)NCC(F)(F)F)CC1. The summed E-state index contributed by atoms with van der Waals surface area (Å²) >= 11 is 0. The van der Waals surface area contributed by atoms with Gasteiger partial charge >= 0.3 is 12.2 Å². The molecule has 6 nitrogen and oxygen atoms in total. The Balaban J connectivity index is 2.41. The molecule has 0 aromatic rings. The van der Waals surface area contributed by atoms with Gasteiger partial charge in [0.05, 0.1) is 6.26 Å². The first-order valence-electron chi connectivity index (χ1n) is 5.14. The van der Waals surface area contributed by atoms with Crippen molar-refractivity contribution in [1.29, 1.82) is 0 Å². The molecule has 1 heterocycles. The van der Waals surface area contributed by atoms with Crippen molar-refractivity contribution in [2.45, 2.75) is 6.18 Å². The number of carbonyl (C=O) groups is 1. The Morgan fingerprint density at radius 2 is 1.72 bits per heavy atom. The molecule has 10 heteroatoms. The van der Waals surface area contributed by atoms with Crippen molar-refractivity contribution >= 4 is 16.1 Å². The van der Waals surface area contributed by atoms with Crippen LogP contribution in [0, 0.1) is 0 Å². The average molecular weight is 289 g/mol. The van der Waals surface area contributed by atoms with Gasteiger partial charge in [-0.3, -0.25) is 0 Å². The number of piperazine rings is 1. The average Bonchev–Trinajstić information content (AvgIpc) is 2.24. The molecule has 0 saturated carbocycles. The molecule has 0 spiro atoms. The van der Waals surface area contributed by atoms with Crippen LogP contribution in [0.4, 0.5) is 18.0 Å². The van der Waals surface area contributed by atoms with Crippen LogP contribution in [-0.2, 0) is 10.0 Å². The van der Waals surface area contributed by atoms with Gasteiger partial charge < -0.3 is 10.2 Å². The van der Waals surface area contributed by atoms with Gasteiger partial charge in [-0.2, -0.15) is 17.5 Å². The molecule has 0 aromatic heterocycles. The Kier molecular flexibility index (Phi) is 4.43. The van der Waals surface area contributed by atoms with E-state index in [1.807, 2.05) is 0 Å². The second-order valence-corrected chi connectivity index (χ2v) is 5.91. The Labute approximate surface area is 103 Å². The van der Waals surface area contributed by atoms with E-state index in [4.69, 9.17) is 0 Å². The lowest BCUT2D eigenvalue weighted by Crippen LogP contribution is -2.53. The van der Waals surface area contributed by atoms with Gasteiger partial charge in [0.1, 0.15) is 6.54 Å². The van der Waals surface area contributed by atoms with E-state index >= 15 is 0 Å². The maximum atomic E-state index is 11.9. The van der Waals surface area contributed by atoms with Crippen molar-refractivity contribution in [3.63, 3.8) is 0 Å². The minimum absolute atomic E-state index is 0.0801. The Morgan fingerprint density at radius 3 is 2.11 bits per heavy atom. The third kappa shape index (κ3) is 4.69. The highest BCUT2D eigenvalue weighted by Crippen LogP contribution is 2.13. The lowest BCUT2D eigenvalue weighted by atomic mass is 10.4. The van der Waals surface area contributed by atoms with Crippen LogP contribution in [0.3, 0.4) is 0 Å². The maximum absolute atomic E-state index is 11.9. The van der Waals surface area contributed by atoms with Gasteiger partial charge in [-0.05, 0) is 0 Å². The fourth-order valence-electron chi connectivity index (χ4n) is 1.51. The number of halogens is 3. The molecule has 0 bridgehead atoms. The predicted octanol–water partition coefficient (Wildman–Crippen LogP) is -0.165. The molecule has 2 amide bonds. The largest absolute Gasteiger partial charge is 0.405 e. The summed E-state index contributed by atoms with van der Waals surface area (Å²) in [6.45, 7) is -1.04. The fourth-order valence-corrected chi connectivity index (χ4v) is 2.34. The van der Waals surface area contributed by atoms with E-state index in [0.29, 0.717) is 0 Å². The summed E-state index contributed by atoms with van der Waals surface area (Å²) in [5, 5.41) is 1.74. The molecular weight excluding hydrogens is 275 g/mol. The second kappa shape index (κ2) is 5.31. The Bertz CT molecular complexity index is 402. The number of nitrogens with zero attached hydrogens (tertiary/aromatic N) is 2. The molecule has 106 valence electrons. The van der Waals surface area contributed by atoms with Gasteiger partial charge in [0.15, 0.2) is 0 Å². The molecule has 1 rings (SSSR count). The summed E-state index contributed by atoms with van der Waals surface area (Å²) in [4.78, 5) is 12.5. The van der Waals surface area contributed by atoms with Crippen molar-refractivity contribution in [2.24, 2.45) is 0 Å². The summed E-state index contributed by atoms with van der Waals surface area (Å²) in [6.07, 6.45) is -3.41. The highest BCUT2D eigenvalue weighted by Gasteiger charge is 2.30. The normalized spacial score (nSPS) is 18.8. The predicted molar refractivity (Wildman–Crippen MR) is 57.4 cm³/mol. The standard InChI is InChI=1S/C8H14F3N3O3S/c1-18(16,17)14-4-2-13(3-5-14)7(15)12-6-8(9,10)11/h2-6H2,1H3,(H,12,15). The quantitative estimate of drug-likeness (QED) is 0.767. The van der Waals surface area contributed by atoms with Crippen LogP contribution >= 0.6 is 0 Å². The van der Waals surface area contributed by atoms with Gasteiger partial charge in [-0.15, -0.1) is 0 Å². The number of hydrogen-bond acceptors (Lipinski definition) is 3. The lowest BCUT2D eigenvalue weighted by Gasteiger charge is -2.33. The minimum atomic E-state index is -4.45. The van der Waals surface area contributed by atoms with Crippen LogP contribution in [0.15, 0.2) is 0 Å².